The molecule has 29 heavy (non-hydrogen) atoms. The number of amides is 1. The van der Waals surface area contributed by atoms with Gasteiger partial charge in [-0.15, -0.1) is 0 Å². The Labute approximate surface area is 166 Å². The topological polar surface area (TPSA) is 101 Å². The first-order valence-corrected chi connectivity index (χ1v) is 9.36. The Kier molecular flexibility index (Phi) is 4.16. The number of nitrogens with one attached hydrogen (secondary N) is 1. The minimum Gasteiger partial charge on any atom is -0.334 e. The molecule has 1 aromatic carbocycles. The van der Waals surface area contributed by atoms with Crippen LogP contribution in [0.25, 0.3) is 23.0 Å². The van der Waals surface area contributed by atoms with Crippen LogP contribution in [0.3, 0.4) is 0 Å². The van der Waals surface area contributed by atoms with E-state index in [2.05, 4.69) is 25.3 Å². The van der Waals surface area contributed by atoms with Crippen LogP contribution in [-0.2, 0) is 13.0 Å². The number of aromatic amines is 1. The summed E-state index contributed by atoms with van der Waals surface area (Å²) in [4.78, 5) is 23.7. The molecule has 0 spiro atoms. The minimum absolute atomic E-state index is 0.0273. The zero-order chi connectivity index (χ0) is 19.8. The van der Waals surface area contributed by atoms with Crippen molar-refractivity contribution in [3.8, 4) is 23.0 Å². The standard InChI is InChI=1S/C21H18N6O2/c1-13-18(19-24-20(29-26-19)17-7-9-23-25-17)16-8-10-27(12-15(16)11-22-13)21(28)14-5-3-2-4-6-14/h2-7,9,11H,8,10,12H2,1H3,(H,23,25). The van der Waals surface area contributed by atoms with Crippen molar-refractivity contribution in [1.29, 1.82) is 0 Å². The number of hydrogen-bond donors (Lipinski definition) is 1. The SMILES string of the molecule is Cc1ncc2c(c1-c1noc(-c3ccn[nH]3)n1)CCN(C(=O)c1ccccc1)C2. The van der Waals surface area contributed by atoms with E-state index < -0.39 is 0 Å². The molecule has 8 nitrogen and oxygen atoms in total. The van der Waals surface area contributed by atoms with Crippen molar-refractivity contribution in [2.45, 2.75) is 19.9 Å². The van der Waals surface area contributed by atoms with E-state index in [1.54, 1.807) is 12.3 Å². The monoisotopic (exact) mass is 386 g/mol. The van der Waals surface area contributed by atoms with Gasteiger partial charge in [-0.05, 0) is 42.7 Å². The maximum absolute atomic E-state index is 12.8. The quantitative estimate of drug-likeness (QED) is 0.581. The molecule has 4 aromatic rings. The van der Waals surface area contributed by atoms with Gasteiger partial charge in [-0.1, -0.05) is 23.4 Å². The molecule has 1 amide bonds. The smallest absolute Gasteiger partial charge is 0.276 e. The number of aromatic nitrogens is 5. The molecule has 3 aromatic heterocycles. The first-order valence-electron chi connectivity index (χ1n) is 9.36. The Morgan fingerprint density at radius 2 is 2.07 bits per heavy atom. The Morgan fingerprint density at radius 3 is 2.86 bits per heavy atom. The Morgan fingerprint density at radius 1 is 1.21 bits per heavy atom. The summed E-state index contributed by atoms with van der Waals surface area (Å²) < 4.78 is 5.40. The van der Waals surface area contributed by atoms with Gasteiger partial charge in [0.1, 0.15) is 5.69 Å². The first-order chi connectivity index (χ1) is 14.2. The van der Waals surface area contributed by atoms with Gasteiger partial charge in [0, 0.05) is 42.3 Å². The number of H-pyrrole nitrogens is 1. The van der Waals surface area contributed by atoms with Gasteiger partial charge in [-0.3, -0.25) is 14.9 Å². The third-order valence-corrected chi connectivity index (χ3v) is 5.15. The molecule has 0 radical (unpaired) electrons. The van der Waals surface area contributed by atoms with Gasteiger partial charge < -0.3 is 9.42 Å². The van der Waals surface area contributed by atoms with Gasteiger partial charge in [0.05, 0.1) is 0 Å². The van der Waals surface area contributed by atoms with Crippen molar-refractivity contribution in [2.24, 2.45) is 0 Å². The molecule has 4 heterocycles. The summed E-state index contributed by atoms with van der Waals surface area (Å²) in [5, 5.41) is 10.9. The fourth-order valence-corrected chi connectivity index (χ4v) is 3.69. The maximum Gasteiger partial charge on any atom is 0.276 e. The lowest BCUT2D eigenvalue weighted by molar-refractivity contribution is 0.0734. The Balaban J connectivity index is 1.48. The second-order valence-electron chi connectivity index (χ2n) is 6.96. The van der Waals surface area contributed by atoms with Gasteiger partial charge in [-0.25, -0.2) is 0 Å². The summed E-state index contributed by atoms with van der Waals surface area (Å²) in [5.74, 6) is 0.907. The highest BCUT2D eigenvalue weighted by Crippen LogP contribution is 2.32. The number of hydrogen-bond acceptors (Lipinski definition) is 6. The molecule has 0 bridgehead atoms. The van der Waals surface area contributed by atoms with Crippen molar-refractivity contribution in [3.63, 3.8) is 0 Å². The van der Waals surface area contributed by atoms with E-state index in [9.17, 15) is 4.79 Å². The molecule has 0 unspecified atom stereocenters. The lowest BCUT2D eigenvalue weighted by Gasteiger charge is -2.30. The summed E-state index contributed by atoms with van der Waals surface area (Å²) in [6.07, 6.45) is 4.18. The number of nitrogens with zero attached hydrogens (tertiary/aromatic N) is 5. The van der Waals surface area contributed by atoms with Crippen LogP contribution in [0.15, 0.2) is 53.3 Å². The van der Waals surface area contributed by atoms with Crippen molar-refractivity contribution in [1.82, 2.24) is 30.2 Å². The third-order valence-electron chi connectivity index (χ3n) is 5.15. The number of carbonyl (C=O) groups is 1. The highest BCUT2D eigenvalue weighted by molar-refractivity contribution is 5.94. The lowest BCUT2D eigenvalue weighted by Crippen LogP contribution is -2.36. The molecule has 8 heteroatoms. The summed E-state index contributed by atoms with van der Waals surface area (Å²) in [6.45, 7) is 3.07. The summed E-state index contributed by atoms with van der Waals surface area (Å²) in [6, 6.07) is 11.1. The third kappa shape index (κ3) is 3.08. The molecule has 5 rings (SSSR count). The van der Waals surface area contributed by atoms with Crippen LogP contribution in [-0.4, -0.2) is 42.7 Å². The highest BCUT2D eigenvalue weighted by Gasteiger charge is 2.27. The second kappa shape index (κ2) is 6.97. The van der Waals surface area contributed by atoms with E-state index >= 15 is 0 Å². The Bertz CT molecular complexity index is 1170. The van der Waals surface area contributed by atoms with Gasteiger partial charge in [0.15, 0.2) is 0 Å². The highest BCUT2D eigenvalue weighted by atomic mass is 16.5. The lowest BCUT2D eigenvalue weighted by atomic mass is 9.94. The predicted molar refractivity (Wildman–Crippen MR) is 105 cm³/mol. The molecule has 1 aliphatic rings. The molecular formula is C21H18N6O2. The second-order valence-corrected chi connectivity index (χ2v) is 6.96. The van der Waals surface area contributed by atoms with Gasteiger partial charge in [0.25, 0.3) is 11.8 Å². The molecule has 1 N–H and O–H groups in total. The van der Waals surface area contributed by atoms with Crippen LogP contribution in [0.1, 0.15) is 27.2 Å². The summed E-state index contributed by atoms with van der Waals surface area (Å²) in [5.41, 5.74) is 5.20. The van der Waals surface area contributed by atoms with E-state index in [1.807, 2.05) is 48.4 Å². The van der Waals surface area contributed by atoms with Gasteiger partial charge >= 0.3 is 0 Å². The molecular weight excluding hydrogens is 368 g/mol. The molecule has 1 aliphatic heterocycles. The molecule has 0 saturated heterocycles. The van der Waals surface area contributed by atoms with Crippen LogP contribution in [0.2, 0.25) is 0 Å². The zero-order valence-electron chi connectivity index (χ0n) is 15.8. The van der Waals surface area contributed by atoms with Crippen molar-refractivity contribution < 1.29 is 9.32 Å². The average Bonchev–Trinajstić information content (AvgIpc) is 3.45. The first kappa shape index (κ1) is 17.3. The predicted octanol–water partition coefficient (Wildman–Crippen LogP) is 3.03. The molecule has 0 saturated carbocycles. The van der Waals surface area contributed by atoms with Gasteiger partial charge in [-0.2, -0.15) is 10.1 Å². The van der Waals surface area contributed by atoms with E-state index in [0.29, 0.717) is 42.5 Å². The fraction of sp³-hybridized carbons (Fsp3) is 0.190. The number of benzene rings is 1. The summed E-state index contributed by atoms with van der Waals surface area (Å²) in [7, 11) is 0. The summed E-state index contributed by atoms with van der Waals surface area (Å²) >= 11 is 0. The Hall–Kier alpha value is -3.81. The largest absolute Gasteiger partial charge is 0.334 e. The molecule has 0 aliphatic carbocycles. The molecule has 144 valence electrons. The van der Waals surface area contributed by atoms with Crippen LogP contribution >= 0.6 is 0 Å². The van der Waals surface area contributed by atoms with Crippen LogP contribution < -0.4 is 0 Å². The fourth-order valence-electron chi connectivity index (χ4n) is 3.69. The van der Waals surface area contributed by atoms with Crippen LogP contribution in [0, 0.1) is 6.92 Å². The molecule has 0 atom stereocenters. The molecule has 0 fully saturated rings. The zero-order valence-corrected chi connectivity index (χ0v) is 15.8. The van der Waals surface area contributed by atoms with Gasteiger partial charge in [0.2, 0.25) is 5.82 Å². The maximum atomic E-state index is 12.8. The van der Waals surface area contributed by atoms with Crippen molar-refractivity contribution in [3.05, 3.63) is 71.2 Å². The van der Waals surface area contributed by atoms with E-state index in [1.165, 1.54) is 0 Å². The normalized spacial score (nSPS) is 13.3. The number of fused-ring (bicyclic) bond motifs is 1. The van der Waals surface area contributed by atoms with Crippen LogP contribution in [0.4, 0.5) is 0 Å². The average molecular weight is 386 g/mol. The van der Waals surface area contributed by atoms with E-state index in [4.69, 9.17) is 4.52 Å². The van der Waals surface area contributed by atoms with Crippen LogP contribution in [0.5, 0.6) is 0 Å². The van der Waals surface area contributed by atoms with Crippen molar-refractivity contribution in [2.75, 3.05) is 6.54 Å². The number of pyridine rings is 1. The number of rotatable bonds is 3. The van der Waals surface area contributed by atoms with Crippen molar-refractivity contribution >= 4 is 5.91 Å². The number of carbonyl (C=O) groups excluding carboxylic acids is 1. The van der Waals surface area contributed by atoms with E-state index in [0.717, 1.165) is 22.4 Å². The number of aryl methyl sites for hydroxylation is 1. The minimum atomic E-state index is 0.0273. The van der Waals surface area contributed by atoms with E-state index in [-0.39, 0.29) is 5.91 Å².